The summed E-state index contributed by atoms with van der Waals surface area (Å²) < 4.78 is 10.6. The molecule has 0 aromatic heterocycles. The van der Waals surface area contributed by atoms with Crippen LogP contribution in [0, 0.1) is 23.2 Å². The Labute approximate surface area is 102 Å². The second-order valence-corrected chi connectivity index (χ2v) is 6.75. The SMILES string of the molecule is O=C(OC[C@@H]1CO1)C12CC3CC(CC(C3)C1)C2. The minimum atomic E-state index is -0.0936. The van der Waals surface area contributed by atoms with Crippen molar-refractivity contribution in [1.29, 1.82) is 0 Å². The standard InChI is InChI=1S/C14H20O3/c15-13(17-8-12-7-16-12)14-4-9-1-10(5-14)3-11(2-9)6-14/h9-12H,1-8H2/t9?,10?,11?,12-,14?/m0/s1. The molecule has 0 aromatic carbocycles. The summed E-state index contributed by atoms with van der Waals surface area (Å²) in [6.45, 7) is 1.26. The Morgan fingerprint density at radius 2 is 1.65 bits per heavy atom. The smallest absolute Gasteiger partial charge is 0.312 e. The molecule has 0 amide bonds. The summed E-state index contributed by atoms with van der Waals surface area (Å²) in [6, 6.07) is 0. The maximum Gasteiger partial charge on any atom is 0.312 e. The summed E-state index contributed by atoms with van der Waals surface area (Å²) >= 11 is 0. The lowest BCUT2D eigenvalue weighted by atomic mass is 9.49. The van der Waals surface area contributed by atoms with Gasteiger partial charge in [0.25, 0.3) is 0 Å². The van der Waals surface area contributed by atoms with Crippen LogP contribution in [0.2, 0.25) is 0 Å². The van der Waals surface area contributed by atoms with E-state index in [1.807, 2.05) is 0 Å². The van der Waals surface area contributed by atoms with Gasteiger partial charge in [-0.2, -0.15) is 0 Å². The highest BCUT2D eigenvalue weighted by atomic mass is 16.6. The number of rotatable bonds is 3. The summed E-state index contributed by atoms with van der Waals surface area (Å²) in [4.78, 5) is 12.4. The molecule has 4 bridgehead atoms. The fraction of sp³-hybridized carbons (Fsp3) is 0.929. The Kier molecular flexibility index (Phi) is 2.11. The van der Waals surface area contributed by atoms with Crippen molar-refractivity contribution in [2.75, 3.05) is 13.2 Å². The normalized spacial score (nSPS) is 50.4. The highest BCUT2D eigenvalue weighted by Gasteiger charge is 2.55. The summed E-state index contributed by atoms with van der Waals surface area (Å²) in [5.74, 6) is 2.52. The summed E-state index contributed by atoms with van der Waals surface area (Å²) in [5.41, 5.74) is -0.0936. The van der Waals surface area contributed by atoms with Gasteiger partial charge in [-0.15, -0.1) is 0 Å². The van der Waals surface area contributed by atoms with Gasteiger partial charge < -0.3 is 9.47 Å². The van der Waals surface area contributed by atoms with Gasteiger partial charge in [-0.3, -0.25) is 4.79 Å². The lowest BCUT2D eigenvalue weighted by Crippen LogP contribution is -2.50. The van der Waals surface area contributed by atoms with Gasteiger partial charge >= 0.3 is 5.97 Å². The zero-order valence-electron chi connectivity index (χ0n) is 10.2. The predicted octanol–water partition coefficient (Wildman–Crippen LogP) is 2.14. The Bertz CT molecular complexity index is 310. The van der Waals surface area contributed by atoms with Crippen LogP contribution >= 0.6 is 0 Å². The van der Waals surface area contributed by atoms with E-state index in [1.165, 1.54) is 19.3 Å². The van der Waals surface area contributed by atoms with Gasteiger partial charge in [0.15, 0.2) is 0 Å². The zero-order valence-corrected chi connectivity index (χ0v) is 10.2. The maximum absolute atomic E-state index is 12.4. The molecule has 4 saturated carbocycles. The van der Waals surface area contributed by atoms with Gasteiger partial charge in [-0.05, 0) is 56.3 Å². The second-order valence-electron chi connectivity index (χ2n) is 6.75. The van der Waals surface area contributed by atoms with Crippen LogP contribution in [0.4, 0.5) is 0 Å². The van der Waals surface area contributed by atoms with Crippen molar-refractivity contribution >= 4 is 5.97 Å². The lowest BCUT2D eigenvalue weighted by molar-refractivity contribution is -0.172. The molecule has 0 N–H and O–H groups in total. The maximum atomic E-state index is 12.4. The largest absolute Gasteiger partial charge is 0.462 e. The molecule has 0 spiro atoms. The van der Waals surface area contributed by atoms with Gasteiger partial charge in [0.1, 0.15) is 12.7 Å². The van der Waals surface area contributed by atoms with Gasteiger partial charge in [-0.25, -0.2) is 0 Å². The van der Waals surface area contributed by atoms with E-state index in [-0.39, 0.29) is 17.5 Å². The van der Waals surface area contributed by atoms with E-state index in [4.69, 9.17) is 9.47 Å². The zero-order chi connectivity index (χ0) is 11.5. The first kappa shape index (κ1) is 10.4. The second kappa shape index (κ2) is 3.47. The van der Waals surface area contributed by atoms with Crippen LogP contribution in [0.15, 0.2) is 0 Å². The molecule has 17 heavy (non-hydrogen) atoms. The molecule has 0 unspecified atom stereocenters. The molecular formula is C14H20O3. The van der Waals surface area contributed by atoms with Gasteiger partial charge in [0.2, 0.25) is 0 Å². The number of ether oxygens (including phenoxy) is 2. The highest BCUT2D eigenvalue weighted by Crippen LogP contribution is 2.60. The minimum absolute atomic E-state index is 0.0899. The number of carbonyl (C=O) groups is 1. The Balaban J connectivity index is 1.49. The first-order valence-corrected chi connectivity index (χ1v) is 7.02. The Morgan fingerprint density at radius 1 is 1.12 bits per heavy atom. The monoisotopic (exact) mass is 236 g/mol. The Hall–Kier alpha value is -0.570. The lowest BCUT2D eigenvalue weighted by Gasteiger charge is -2.55. The van der Waals surface area contributed by atoms with E-state index in [0.717, 1.165) is 43.6 Å². The molecular weight excluding hydrogens is 216 g/mol. The summed E-state index contributed by atoms with van der Waals surface area (Å²) in [6.07, 6.45) is 7.62. The fourth-order valence-electron chi connectivity index (χ4n) is 4.85. The number of hydrogen-bond acceptors (Lipinski definition) is 3. The molecule has 5 aliphatic rings. The molecule has 1 saturated heterocycles. The molecule has 0 aromatic rings. The van der Waals surface area contributed by atoms with Crippen molar-refractivity contribution in [3.8, 4) is 0 Å². The average molecular weight is 236 g/mol. The van der Waals surface area contributed by atoms with Gasteiger partial charge in [-0.1, -0.05) is 0 Å². The van der Waals surface area contributed by atoms with E-state index in [1.54, 1.807) is 0 Å². The van der Waals surface area contributed by atoms with Crippen molar-refractivity contribution in [1.82, 2.24) is 0 Å². The molecule has 3 nitrogen and oxygen atoms in total. The number of hydrogen-bond donors (Lipinski definition) is 0. The molecule has 1 atom stereocenters. The molecule has 5 fully saturated rings. The molecule has 94 valence electrons. The van der Waals surface area contributed by atoms with Crippen molar-refractivity contribution in [2.24, 2.45) is 23.2 Å². The van der Waals surface area contributed by atoms with Gasteiger partial charge in [0, 0.05) is 0 Å². The van der Waals surface area contributed by atoms with Crippen LogP contribution in [-0.4, -0.2) is 25.3 Å². The third-order valence-electron chi connectivity index (χ3n) is 5.27. The first-order valence-electron chi connectivity index (χ1n) is 7.02. The van der Waals surface area contributed by atoms with E-state index >= 15 is 0 Å². The Morgan fingerprint density at radius 3 is 2.12 bits per heavy atom. The van der Waals surface area contributed by atoms with Crippen molar-refractivity contribution in [3.05, 3.63) is 0 Å². The van der Waals surface area contributed by atoms with Crippen LogP contribution in [0.25, 0.3) is 0 Å². The fourth-order valence-corrected chi connectivity index (χ4v) is 4.85. The molecule has 1 aliphatic heterocycles. The van der Waals surface area contributed by atoms with Crippen LogP contribution in [0.1, 0.15) is 38.5 Å². The van der Waals surface area contributed by atoms with Crippen molar-refractivity contribution in [3.63, 3.8) is 0 Å². The van der Waals surface area contributed by atoms with E-state index in [0.29, 0.717) is 6.61 Å². The molecule has 1 heterocycles. The van der Waals surface area contributed by atoms with Gasteiger partial charge in [0.05, 0.1) is 12.0 Å². The van der Waals surface area contributed by atoms with Crippen molar-refractivity contribution in [2.45, 2.75) is 44.6 Å². The van der Waals surface area contributed by atoms with Crippen LogP contribution in [-0.2, 0) is 14.3 Å². The van der Waals surface area contributed by atoms with E-state index in [2.05, 4.69) is 0 Å². The average Bonchev–Trinajstić information content (AvgIpc) is 3.07. The van der Waals surface area contributed by atoms with E-state index < -0.39 is 0 Å². The predicted molar refractivity (Wildman–Crippen MR) is 61.3 cm³/mol. The molecule has 0 radical (unpaired) electrons. The summed E-state index contributed by atoms with van der Waals surface area (Å²) in [7, 11) is 0. The summed E-state index contributed by atoms with van der Waals surface area (Å²) in [5, 5.41) is 0. The third-order valence-corrected chi connectivity index (χ3v) is 5.27. The minimum Gasteiger partial charge on any atom is -0.462 e. The molecule has 4 aliphatic carbocycles. The third kappa shape index (κ3) is 1.70. The number of esters is 1. The van der Waals surface area contributed by atoms with Crippen molar-refractivity contribution < 1.29 is 14.3 Å². The van der Waals surface area contributed by atoms with Crippen LogP contribution in [0.5, 0.6) is 0 Å². The number of epoxide rings is 1. The quantitative estimate of drug-likeness (QED) is 0.556. The van der Waals surface area contributed by atoms with Crippen LogP contribution in [0.3, 0.4) is 0 Å². The number of carbonyl (C=O) groups excluding carboxylic acids is 1. The van der Waals surface area contributed by atoms with Crippen LogP contribution < -0.4 is 0 Å². The van der Waals surface area contributed by atoms with E-state index in [9.17, 15) is 4.79 Å². The first-order chi connectivity index (χ1) is 8.23. The highest BCUT2D eigenvalue weighted by molar-refractivity contribution is 5.77. The molecule has 3 heteroatoms. The topological polar surface area (TPSA) is 38.8 Å². The molecule has 5 rings (SSSR count).